The van der Waals surface area contributed by atoms with E-state index < -0.39 is 26.5 Å². The van der Waals surface area contributed by atoms with Gasteiger partial charge in [0.15, 0.2) is 6.10 Å². The average molecular weight is 1250 g/mol. The molecule has 10 heteroatoms. The third-order valence-corrected chi connectivity index (χ3v) is 16.1. The number of hydrogen-bond donors (Lipinski definition) is 1. The Kier molecular flexibility index (Phi) is 64.6. The van der Waals surface area contributed by atoms with Crippen molar-refractivity contribution in [3.05, 3.63) is 134 Å². The molecule has 0 saturated heterocycles. The van der Waals surface area contributed by atoms with Gasteiger partial charge in [0.25, 0.3) is 0 Å². The van der Waals surface area contributed by atoms with E-state index >= 15 is 0 Å². The van der Waals surface area contributed by atoms with Gasteiger partial charge in [-0.2, -0.15) is 0 Å². The van der Waals surface area contributed by atoms with Crippen molar-refractivity contribution in [2.75, 3.05) is 47.5 Å². The van der Waals surface area contributed by atoms with Crippen LogP contribution in [0.4, 0.5) is 0 Å². The van der Waals surface area contributed by atoms with Crippen molar-refractivity contribution in [1.29, 1.82) is 0 Å². The quantitative estimate of drug-likeness (QED) is 0.0211. The Hall–Kier alpha value is -3.85. The second-order valence-corrected chi connectivity index (χ2v) is 26.3. The molecule has 0 aromatic rings. The first-order valence-electron chi connectivity index (χ1n) is 35.9. The number of quaternary nitrogens is 1. The number of carbonyl (C=O) groups is 2. The molecule has 9 nitrogen and oxygen atoms in total. The highest BCUT2D eigenvalue weighted by Gasteiger charge is 2.27. The number of esters is 2. The molecule has 0 spiro atoms. The molecule has 0 aliphatic heterocycles. The topological polar surface area (TPSA) is 108 Å². The number of nitrogens with zero attached hydrogens (tertiary/aromatic N) is 1. The first-order chi connectivity index (χ1) is 43.0. The molecule has 0 aliphatic rings. The van der Waals surface area contributed by atoms with Crippen LogP contribution in [-0.4, -0.2) is 74.9 Å². The predicted octanol–water partition coefficient (Wildman–Crippen LogP) is 23.6. The lowest BCUT2D eigenvalue weighted by Gasteiger charge is -2.24. The van der Waals surface area contributed by atoms with Crippen molar-refractivity contribution in [1.82, 2.24) is 0 Å². The summed E-state index contributed by atoms with van der Waals surface area (Å²) >= 11 is 0. The Morgan fingerprint density at radius 1 is 0.364 bits per heavy atom. The molecule has 0 amide bonds. The van der Waals surface area contributed by atoms with E-state index in [2.05, 4.69) is 148 Å². The molecule has 0 aromatic heterocycles. The molecular formula is C78H135NO8P+. The summed E-state index contributed by atoms with van der Waals surface area (Å²) in [7, 11) is 1.46. The molecule has 2 unspecified atom stereocenters. The number of unbranched alkanes of at least 4 members (excludes halogenated alkanes) is 29. The molecule has 0 fully saturated rings. The van der Waals surface area contributed by atoms with Gasteiger partial charge in [-0.05, 0) is 116 Å². The van der Waals surface area contributed by atoms with Crippen LogP contribution in [0.2, 0.25) is 0 Å². The van der Waals surface area contributed by atoms with Crippen LogP contribution in [0.5, 0.6) is 0 Å². The lowest BCUT2D eigenvalue weighted by Crippen LogP contribution is -2.37. The minimum atomic E-state index is -4.40. The number of phosphoric ester groups is 1. The number of rotatable bonds is 65. The van der Waals surface area contributed by atoms with Crippen molar-refractivity contribution in [3.63, 3.8) is 0 Å². The maximum Gasteiger partial charge on any atom is 0.472 e. The molecule has 0 aliphatic carbocycles. The van der Waals surface area contributed by atoms with E-state index in [0.29, 0.717) is 17.4 Å². The SMILES string of the molecule is CC/C=C\C/C=C\C/C=C\C/C=C\C/C=C\C/C=C\C/C=C\C/C=C\CCCCCCCCCCC(=O)OC(COC(=O)CCCCCCCCCCCCCCCCCC/C=C\C/C=C\C/C=C\CCCCCCC)COP(=O)(O)OCC[N+](C)(C)C. The maximum atomic E-state index is 12.9. The molecule has 0 aromatic carbocycles. The van der Waals surface area contributed by atoms with Gasteiger partial charge in [-0.1, -0.05) is 302 Å². The molecule has 504 valence electrons. The van der Waals surface area contributed by atoms with Crippen molar-refractivity contribution < 1.29 is 42.1 Å². The molecule has 0 heterocycles. The Balaban J connectivity index is 4.10. The third kappa shape index (κ3) is 71.2. The van der Waals surface area contributed by atoms with Gasteiger partial charge < -0.3 is 18.9 Å². The van der Waals surface area contributed by atoms with Gasteiger partial charge in [-0.15, -0.1) is 0 Å². The monoisotopic (exact) mass is 1240 g/mol. The van der Waals surface area contributed by atoms with Crippen molar-refractivity contribution >= 4 is 19.8 Å². The molecule has 2 atom stereocenters. The van der Waals surface area contributed by atoms with E-state index in [4.69, 9.17) is 18.5 Å². The van der Waals surface area contributed by atoms with Crippen LogP contribution in [0.3, 0.4) is 0 Å². The van der Waals surface area contributed by atoms with Crippen molar-refractivity contribution in [2.24, 2.45) is 0 Å². The van der Waals surface area contributed by atoms with E-state index in [1.807, 2.05) is 21.1 Å². The van der Waals surface area contributed by atoms with Gasteiger partial charge in [-0.25, -0.2) is 4.57 Å². The standard InChI is InChI=1S/C78H134NO8P/c1-6-8-10-12-14-16-18-20-22-24-26-28-30-32-34-36-38-39-41-43-45-47-49-51-53-55-57-59-61-63-65-67-69-71-78(81)87-76(75-86-88(82,83)85-73-72-79(3,4)5)74-84-77(80)70-68-66-64-62-60-58-56-54-52-50-48-46-44-42-40-37-35-33-31-29-27-25-23-21-19-17-15-13-11-9-7-2/h8,10,14,16,19-22,25-28,31-34,38-39,43,45,49,51,76H,6-7,9,11-13,15,17-18,23-24,29-30,35-37,40-42,44,46-48,50,52-75H2,1-5H3/p+1/b10-8-,16-14-,21-19-,22-20-,27-25-,28-26-,33-31-,34-32-,39-38-,45-43-,51-49-. The molecule has 0 rings (SSSR count). The van der Waals surface area contributed by atoms with Crippen LogP contribution in [0.1, 0.15) is 296 Å². The normalized spacial score (nSPS) is 13.9. The van der Waals surface area contributed by atoms with Crippen LogP contribution >= 0.6 is 7.82 Å². The molecule has 88 heavy (non-hydrogen) atoms. The maximum absolute atomic E-state index is 12.9. The Bertz CT molecular complexity index is 1950. The van der Waals surface area contributed by atoms with Crippen LogP contribution in [0.25, 0.3) is 0 Å². The lowest BCUT2D eigenvalue weighted by atomic mass is 10.0. The number of ether oxygens (including phenoxy) is 2. The van der Waals surface area contributed by atoms with E-state index in [9.17, 15) is 19.0 Å². The molecule has 1 N–H and O–H groups in total. The highest BCUT2D eigenvalue weighted by Crippen LogP contribution is 2.43. The summed E-state index contributed by atoms with van der Waals surface area (Å²) in [4.78, 5) is 35.9. The Morgan fingerprint density at radius 2 is 0.648 bits per heavy atom. The number of allylic oxidation sites excluding steroid dienone is 22. The summed E-state index contributed by atoms with van der Waals surface area (Å²) < 4.78 is 34.7. The van der Waals surface area contributed by atoms with Crippen LogP contribution in [-0.2, 0) is 32.7 Å². The third-order valence-electron chi connectivity index (χ3n) is 15.2. The fraction of sp³-hybridized carbons (Fsp3) is 0.692. The number of phosphoric acid groups is 1. The van der Waals surface area contributed by atoms with Gasteiger partial charge >= 0.3 is 19.8 Å². The molecule has 0 saturated carbocycles. The highest BCUT2D eigenvalue weighted by atomic mass is 31.2. The van der Waals surface area contributed by atoms with Gasteiger partial charge in [0.1, 0.15) is 19.8 Å². The lowest BCUT2D eigenvalue weighted by molar-refractivity contribution is -0.870. The summed E-state index contributed by atoms with van der Waals surface area (Å²) in [6.07, 6.45) is 98.4. The highest BCUT2D eigenvalue weighted by molar-refractivity contribution is 7.47. The second-order valence-electron chi connectivity index (χ2n) is 24.9. The summed E-state index contributed by atoms with van der Waals surface area (Å²) in [5, 5.41) is 0. The van der Waals surface area contributed by atoms with E-state index in [1.165, 1.54) is 154 Å². The first kappa shape index (κ1) is 84.2. The zero-order chi connectivity index (χ0) is 64.1. The van der Waals surface area contributed by atoms with Gasteiger partial charge in [0.2, 0.25) is 0 Å². The van der Waals surface area contributed by atoms with Crippen LogP contribution in [0, 0.1) is 0 Å². The molecule has 0 bridgehead atoms. The van der Waals surface area contributed by atoms with E-state index in [1.54, 1.807) is 0 Å². The van der Waals surface area contributed by atoms with Gasteiger partial charge in [0.05, 0.1) is 27.7 Å². The average Bonchev–Trinajstić information content (AvgIpc) is 3.56. The summed E-state index contributed by atoms with van der Waals surface area (Å²) in [6, 6.07) is 0. The smallest absolute Gasteiger partial charge is 0.462 e. The molecule has 0 radical (unpaired) electrons. The number of hydrogen-bond acceptors (Lipinski definition) is 7. The Labute approximate surface area is 542 Å². The van der Waals surface area contributed by atoms with E-state index in [0.717, 1.165) is 109 Å². The Morgan fingerprint density at radius 3 is 0.966 bits per heavy atom. The predicted molar refractivity (Wildman–Crippen MR) is 381 cm³/mol. The minimum Gasteiger partial charge on any atom is -0.462 e. The van der Waals surface area contributed by atoms with E-state index in [-0.39, 0.29) is 32.0 Å². The fourth-order valence-electron chi connectivity index (χ4n) is 9.69. The van der Waals surface area contributed by atoms with Crippen LogP contribution in [0.15, 0.2) is 134 Å². The van der Waals surface area contributed by atoms with Crippen molar-refractivity contribution in [3.8, 4) is 0 Å². The number of likely N-dealkylation sites (N-methyl/N-ethyl adjacent to an activating group) is 1. The number of carbonyl (C=O) groups excluding carboxylic acids is 2. The van der Waals surface area contributed by atoms with Gasteiger partial charge in [-0.3, -0.25) is 18.6 Å². The second kappa shape index (κ2) is 67.5. The first-order valence-corrected chi connectivity index (χ1v) is 37.4. The summed E-state index contributed by atoms with van der Waals surface area (Å²) in [5.41, 5.74) is 0. The fourth-order valence-corrected chi connectivity index (χ4v) is 10.4. The summed E-state index contributed by atoms with van der Waals surface area (Å²) in [5.74, 6) is -0.807. The summed E-state index contributed by atoms with van der Waals surface area (Å²) in [6.45, 7) is 4.31. The van der Waals surface area contributed by atoms with Gasteiger partial charge in [0, 0.05) is 12.8 Å². The van der Waals surface area contributed by atoms with Crippen LogP contribution < -0.4 is 0 Å². The molecular weight excluding hydrogens is 1110 g/mol. The zero-order valence-electron chi connectivity index (χ0n) is 57.4. The minimum absolute atomic E-state index is 0.0242. The zero-order valence-corrected chi connectivity index (χ0v) is 58.3. The van der Waals surface area contributed by atoms with Crippen molar-refractivity contribution in [2.45, 2.75) is 302 Å². The largest absolute Gasteiger partial charge is 0.472 e.